The maximum atomic E-state index is 7.63. The maximum Gasteiger partial charge on any atom is 0.124 e. The first-order valence-electron chi connectivity index (χ1n) is 6.08. The molecular weight excluding hydrogens is 293 g/mol. The van der Waals surface area contributed by atoms with Crippen LogP contribution in [0, 0.1) is 5.41 Å². The molecule has 0 aromatic heterocycles. The Balaban J connectivity index is 2.31. The molecule has 0 unspecified atom stereocenters. The van der Waals surface area contributed by atoms with Crippen molar-refractivity contribution in [1.29, 1.82) is 5.41 Å². The molecule has 0 aliphatic heterocycles. The van der Waals surface area contributed by atoms with E-state index in [0.29, 0.717) is 22.2 Å². The minimum Gasteiger partial charge on any atom is -0.384 e. The monoisotopic (exact) mass is 307 g/mol. The zero-order valence-electron chi connectivity index (χ0n) is 11.0. The molecule has 2 rings (SSSR count). The van der Waals surface area contributed by atoms with Crippen LogP contribution in [0.3, 0.4) is 0 Å². The van der Waals surface area contributed by atoms with Crippen molar-refractivity contribution >= 4 is 34.7 Å². The van der Waals surface area contributed by atoms with Crippen molar-refractivity contribution in [1.82, 2.24) is 0 Å². The Morgan fingerprint density at radius 3 is 2.55 bits per heavy atom. The summed E-state index contributed by atoms with van der Waals surface area (Å²) in [4.78, 5) is 1.99. The van der Waals surface area contributed by atoms with Gasteiger partial charge in [0.05, 0.1) is 10.0 Å². The van der Waals surface area contributed by atoms with Gasteiger partial charge in [0.15, 0.2) is 0 Å². The Bertz CT molecular complexity index is 641. The predicted molar refractivity (Wildman–Crippen MR) is 86.0 cm³/mol. The first-order valence-corrected chi connectivity index (χ1v) is 6.83. The fourth-order valence-corrected chi connectivity index (χ4v) is 2.43. The van der Waals surface area contributed by atoms with Gasteiger partial charge in [-0.1, -0.05) is 47.5 Å². The van der Waals surface area contributed by atoms with Gasteiger partial charge in [-0.15, -0.1) is 0 Å². The van der Waals surface area contributed by atoms with Crippen LogP contribution < -0.4 is 10.6 Å². The Morgan fingerprint density at radius 1 is 1.15 bits per heavy atom. The highest BCUT2D eigenvalue weighted by molar-refractivity contribution is 6.42. The minimum atomic E-state index is 0.0460. The Morgan fingerprint density at radius 2 is 1.85 bits per heavy atom. The SMILES string of the molecule is CN(Cc1cccc(Cl)c1Cl)c1ccccc1C(=N)N. The molecule has 0 aliphatic rings. The third kappa shape index (κ3) is 3.06. The van der Waals surface area contributed by atoms with E-state index in [4.69, 9.17) is 34.3 Å². The summed E-state index contributed by atoms with van der Waals surface area (Å²) in [6, 6.07) is 13.1. The molecule has 2 aromatic rings. The van der Waals surface area contributed by atoms with E-state index in [1.54, 1.807) is 6.07 Å². The number of nitrogen functional groups attached to an aromatic ring is 1. The topological polar surface area (TPSA) is 53.1 Å². The van der Waals surface area contributed by atoms with E-state index in [1.165, 1.54) is 0 Å². The van der Waals surface area contributed by atoms with Crippen LogP contribution in [0.15, 0.2) is 42.5 Å². The molecule has 3 nitrogen and oxygen atoms in total. The summed E-state index contributed by atoms with van der Waals surface area (Å²) in [6.07, 6.45) is 0. The number of hydrogen-bond acceptors (Lipinski definition) is 2. The molecule has 0 atom stereocenters. The summed E-state index contributed by atoms with van der Waals surface area (Å²) in [7, 11) is 1.93. The van der Waals surface area contributed by atoms with E-state index < -0.39 is 0 Å². The Labute approximate surface area is 128 Å². The second-order valence-electron chi connectivity index (χ2n) is 4.50. The van der Waals surface area contributed by atoms with Crippen molar-refractivity contribution in [2.45, 2.75) is 6.54 Å². The smallest absolute Gasteiger partial charge is 0.124 e. The molecule has 0 spiro atoms. The van der Waals surface area contributed by atoms with E-state index in [1.807, 2.05) is 48.3 Å². The van der Waals surface area contributed by atoms with E-state index in [0.717, 1.165) is 11.3 Å². The van der Waals surface area contributed by atoms with Crippen LogP contribution >= 0.6 is 23.2 Å². The van der Waals surface area contributed by atoms with Crippen LogP contribution in [0.1, 0.15) is 11.1 Å². The number of amidine groups is 1. The standard InChI is InChI=1S/C15H15Cl2N3/c1-20(9-10-5-4-7-12(16)14(10)17)13-8-3-2-6-11(13)15(18)19/h2-8H,9H2,1H3,(H3,18,19). The highest BCUT2D eigenvalue weighted by Crippen LogP contribution is 2.28. The number of nitrogens with zero attached hydrogens (tertiary/aromatic N) is 1. The van der Waals surface area contributed by atoms with E-state index >= 15 is 0 Å². The van der Waals surface area contributed by atoms with Crippen molar-refractivity contribution < 1.29 is 0 Å². The Kier molecular flexibility index (Phi) is 4.53. The minimum absolute atomic E-state index is 0.0460. The van der Waals surface area contributed by atoms with Crippen molar-refractivity contribution in [3.63, 3.8) is 0 Å². The molecule has 0 bridgehead atoms. The van der Waals surface area contributed by atoms with Crippen molar-refractivity contribution in [3.8, 4) is 0 Å². The molecule has 2 aromatic carbocycles. The van der Waals surface area contributed by atoms with Crippen molar-refractivity contribution in [3.05, 3.63) is 63.6 Å². The molecule has 0 fully saturated rings. The molecule has 0 saturated heterocycles. The average molecular weight is 308 g/mol. The van der Waals surface area contributed by atoms with E-state index in [2.05, 4.69) is 0 Å². The zero-order valence-corrected chi connectivity index (χ0v) is 12.5. The quantitative estimate of drug-likeness (QED) is 0.664. The lowest BCUT2D eigenvalue weighted by Crippen LogP contribution is -2.22. The number of nitrogens with two attached hydrogens (primary N) is 1. The summed E-state index contributed by atoms with van der Waals surface area (Å²) in [6.45, 7) is 0.587. The van der Waals surface area contributed by atoms with Gasteiger partial charge in [0, 0.05) is 24.8 Å². The number of rotatable bonds is 4. The maximum absolute atomic E-state index is 7.63. The number of para-hydroxylation sites is 1. The van der Waals surface area contributed by atoms with E-state index in [-0.39, 0.29) is 5.84 Å². The van der Waals surface area contributed by atoms with Gasteiger partial charge in [-0.05, 0) is 23.8 Å². The fraction of sp³-hybridized carbons (Fsp3) is 0.133. The number of nitrogens with one attached hydrogen (secondary N) is 1. The average Bonchev–Trinajstić information content (AvgIpc) is 2.43. The van der Waals surface area contributed by atoms with Gasteiger partial charge in [0.2, 0.25) is 0 Å². The lowest BCUT2D eigenvalue weighted by atomic mass is 10.1. The van der Waals surface area contributed by atoms with Gasteiger partial charge in [-0.2, -0.15) is 0 Å². The molecule has 5 heteroatoms. The molecule has 0 saturated carbocycles. The normalized spacial score (nSPS) is 10.3. The van der Waals surface area contributed by atoms with Crippen LogP contribution in [0.25, 0.3) is 0 Å². The second-order valence-corrected chi connectivity index (χ2v) is 5.28. The molecule has 0 radical (unpaired) electrons. The largest absolute Gasteiger partial charge is 0.384 e. The molecule has 104 valence electrons. The van der Waals surface area contributed by atoms with Crippen molar-refractivity contribution in [2.24, 2.45) is 5.73 Å². The molecule has 0 aliphatic carbocycles. The summed E-state index contributed by atoms with van der Waals surface area (Å²) < 4.78 is 0. The van der Waals surface area contributed by atoms with Crippen LogP contribution in [-0.2, 0) is 6.54 Å². The molecule has 20 heavy (non-hydrogen) atoms. The molecule has 3 N–H and O–H groups in total. The number of halogens is 2. The van der Waals surface area contributed by atoms with Gasteiger partial charge in [0.1, 0.15) is 5.84 Å². The van der Waals surface area contributed by atoms with Crippen LogP contribution in [0.4, 0.5) is 5.69 Å². The molecular formula is C15H15Cl2N3. The van der Waals surface area contributed by atoms with Gasteiger partial charge < -0.3 is 10.6 Å². The van der Waals surface area contributed by atoms with Crippen LogP contribution in [0.2, 0.25) is 10.0 Å². The predicted octanol–water partition coefficient (Wildman–Crippen LogP) is 3.91. The highest BCUT2D eigenvalue weighted by atomic mass is 35.5. The fourth-order valence-electron chi connectivity index (χ4n) is 2.05. The first-order chi connectivity index (χ1) is 9.50. The van der Waals surface area contributed by atoms with Gasteiger partial charge in [-0.3, -0.25) is 5.41 Å². The van der Waals surface area contributed by atoms with Gasteiger partial charge in [-0.25, -0.2) is 0 Å². The lowest BCUT2D eigenvalue weighted by Gasteiger charge is -2.22. The molecule has 0 heterocycles. The first kappa shape index (κ1) is 14.7. The third-order valence-electron chi connectivity index (χ3n) is 3.04. The molecule has 0 amide bonds. The van der Waals surface area contributed by atoms with Gasteiger partial charge in [0.25, 0.3) is 0 Å². The zero-order chi connectivity index (χ0) is 14.7. The summed E-state index contributed by atoms with van der Waals surface area (Å²) >= 11 is 12.2. The van der Waals surface area contributed by atoms with Gasteiger partial charge >= 0.3 is 0 Å². The lowest BCUT2D eigenvalue weighted by molar-refractivity contribution is 0.921. The van der Waals surface area contributed by atoms with E-state index in [9.17, 15) is 0 Å². The number of anilines is 1. The second kappa shape index (κ2) is 6.16. The van der Waals surface area contributed by atoms with Crippen molar-refractivity contribution in [2.75, 3.05) is 11.9 Å². The third-order valence-corrected chi connectivity index (χ3v) is 3.90. The highest BCUT2D eigenvalue weighted by Gasteiger charge is 2.12. The number of hydrogen-bond donors (Lipinski definition) is 2. The van der Waals surface area contributed by atoms with Crippen LogP contribution in [0.5, 0.6) is 0 Å². The number of benzene rings is 2. The summed E-state index contributed by atoms with van der Waals surface area (Å²) in [5, 5.41) is 8.73. The summed E-state index contributed by atoms with van der Waals surface area (Å²) in [5.74, 6) is 0.0460. The van der Waals surface area contributed by atoms with Crippen LogP contribution in [-0.4, -0.2) is 12.9 Å². The Hall–Kier alpha value is -1.71. The summed E-state index contributed by atoms with van der Waals surface area (Å²) in [5.41, 5.74) is 8.13.